The fourth-order valence-electron chi connectivity index (χ4n) is 2.66. The van der Waals surface area contributed by atoms with Gasteiger partial charge in [-0.15, -0.1) is 0 Å². The highest BCUT2D eigenvalue weighted by Gasteiger charge is 2.20. The number of aryl methyl sites for hydroxylation is 1. The summed E-state index contributed by atoms with van der Waals surface area (Å²) in [7, 11) is 0. The monoisotopic (exact) mass is 371 g/mol. The maximum absolute atomic E-state index is 12.3. The third-order valence-electron chi connectivity index (χ3n) is 4.01. The summed E-state index contributed by atoms with van der Waals surface area (Å²) in [5.41, 5.74) is 1.01. The van der Waals surface area contributed by atoms with Gasteiger partial charge >= 0.3 is 0 Å². The second-order valence-electron chi connectivity index (χ2n) is 7.54. The smallest absolute Gasteiger partial charge is 0.263 e. The molecule has 0 saturated carbocycles. The third-order valence-corrected chi connectivity index (χ3v) is 4.01. The number of nitrogens with one attached hydrogen (secondary N) is 2. The molecule has 144 valence electrons. The van der Waals surface area contributed by atoms with E-state index in [1.807, 2.05) is 52.0 Å². The molecule has 0 spiro atoms. The molecule has 0 aliphatic rings. The molecule has 1 aromatic carbocycles. The Morgan fingerprint density at radius 1 is 1.37 bits per heavy atom. The molecular weight excluding hydrogens is 346 g/mol. The zero-order valence-electron chi connectivity index (χ0n) is 16.0. The van der Waals surface area contributed by atoms with Crippen molar-refractivity contribution in [2.45, 2.75) is 39.3 Å². The summed E-state index contributed by atoms with van der Waals surface area (Å²) in [6.07, 6.45) is 0.750. The van der Waals surface area contributed by atoms with Crippen LogP contribution in [0, 0.1) is 6.92 Å². The summed E-state index contributed by atoms with van der Waals surface area (Å²) >= 11 is 0. The predicted molar refractivity (Wildman–Crippen MR) is 104 cm³/mol. The van der Waals surface area contributed by atoms with Gasteiger partial charge in [-0.1, -0.05) is 12.1 Å². The Kier molecular flexibility index (Phi) is 5.18. The van der Waals surface area contributed by atoms with Crippen molar-refractivity contribution in [3.05, 3.63) is 46.4 Å². The van der Waals surface area contributed by atoms with Gasteiger partial charge in [-0.25, -0.2) is 4.68 Å². The van der Waals surface area contributed by atoms with Crippen LogP contribution in [0.5, 0.6) is 5.75 Å². The van der Waals surface area contributed by atoms with Gasteiger partial charge in [-0.05, 0) is 45.4 Å². The summed E-state index contributed by atoms with van der Waals surface area (Å²) < 4.78 is 7.29. The summed E-state index contributed by atoms with van der Waals surface area (Å²) in [5.74, 6) is 0.990. The van der Waals surface area contributed by atoms with E-state index in [4.69, 9.17) is 4.74 Å². The van der Waals surface area contributed by atoms with Crippen LogP contribution >= 0.6 is 0 Å². The van der Waals surface area contributed by atoms with Crippen LogP contribution < -0.4 is 15.6 Å². The molecule has 3 rings (SSSR count). The highest BCUT2D eigenvalue weighted by Crippen LogP contribution is 2.18. The minimum Gasteiger partial charge on any atom is -0.491 e. The molecule has 0 aliphatic carbocycles. The van der Waals surface area contributed by atoms with Crippen molar-refractivity contribution >= 4 is 17.0 Å². The molecule has 0 saturated heterocycles. The Hall–Kier alpha value is -2.87. The summed E-state index contributed by atoms with van der Waals surface area (Å²) in [6, 6.07) is 7.62. The number of benzene rings is 1. The quantitative estimate of drug-likeness (QED) is 0.612. The lowest BCUT2D eigenvalue weighted by atomic mass is 10.1. The summed E-state index contributed by atoms with van der Waals surface area (Å²) in [6.45, 7) is 8.25. The Bertz CT molecular complexity index is 987. The van der Waals surface area contributed by atoms with E-state index in [1.54, 1.807) is 4.68 Å². The van der Waals surface area contributed by atoms with Gasteiger partial charge in [0, 0.05) is 6.54 Å². The number of aliphatic hydroxyl groups is 1. The molecule has 2 heterocycles. The first-order chi connectivity index (χ1) is 12.7. The van der Waals surface area contributed by atoms with Crippen molar-refractivity contribution < 1.29 is 9.84 Å². The molecule has 3 aromatic rings. The van der Waals surface area contributed by atoms with Gasteiger partial charge in [-0.3, -0.25) is 9.78 Å². The molecule has 3 N–H and O–H groups in total. The van der Waals surface area contributed by atoms with Gasteiger partial charge in [0.2, 0.25) is 5.95 Å². The lowest BCUT2D eigenvalue weighted by molar-refractivity contribution is 0.117. The molecular formula is C19H25N5O3. The van der Waals surface area contributed by atoms with E-state index >= 15 is 0 Å². The van der Waals surface area contributed by atoms with Crippen molar-refractivity contribution in [2.75, 3.05) is 18.5 Å². The molecule has 27 heavy (non-hydrogen) atoms. The van der Waals surface area contributed by atoms with E-state index < -0.39 is 6.10 Å². The lowest BCUT2D eigenvalue weighted by Crippen LogP contribution is -2.28. The summed E-state index contributed by atoms with van der Waals surface area (Å²) in [4.78, 5) is 19.4. The molecule has 8 heteroatoms. The Morgan fingerprint density at radius 3 is 2.85 bits per heavy atom. The molecule has 0 amide bonds. The molecule has 0 aliphatic heterocycles. The fraction of sp³-hybridized carbons (Fsp3) is 0.421. The molecule has 0 radical (unpaired) electrons. The minimum atomic E-state index is -0.765. The molecule has 1 atom stereocenters. The highest BCUT2D eigenvalue weighted by atomic mass is 16.5. The number of aromatic nitrogens is 4. The maximum Gasteiger partial charge on any atom is 0.263 e. The van der Waals surface area contributed by atoms with Gasteiger partial charge in [0.1, 0.15) is 23.8 Å². The van der Waals surface area contributed by atoms with E-state index in [9.17, 15) is 9.90 Å². The van der Waals surface area contributed by atoms with Crippen LogP contribution in [0.2, 0.25) is 0 Å². The van der Waals surface area contributed by atoms with Crippen LogP contribution in [0.3, 0.4) is 0 Å². The van der Waals surface area contributed by atoms with Crippen molar-refractivity contribution in [3.63, 3.8) is 0 Å². The maximum atomic E-state index is 12.3. The zero-order valence-corrected chi connectivity index (χ0v) is 16.0. The first-order valence-corrected chi connectivity index (χ1v) is 8.84. The fourth-order valence-corrected chi connectivity index (χ4v) is 2.66. The second-order valence-corrected chi connectivity index (χ2v) is 7.54. The average Bonchev–Trinajstić information content (AvgIpc) is 3.03. The molecule has 8 nitrogen and oxygen atoms in total. The lowest BCUT2D eigenvalue weighted by Gasteiger charge is -2.20. The van der Waals surface area contributed by atoms with E-state index in [2.05, 4.69) is 20.4 Å². The number of fused-ring (bicyclic) bond motifs is 1. The Labute approximate surface area is 157 Å². The van der Waals surface area contributed by atoms with Crippen molar-refractivity contribution in [1.29, 1.82) is 0 Å². The molecule has 2 aromatic heterocycles. The second kappa shape index (κ2) is 7.40. The van der Waals surface area contributed by atoms with Crippen LogP contribution in [0.4, 0.5) is 5.95 Å². The van der Waals surface area contributed by atoms with Crippen LogP contribution in [0.15, 0.2) is 35.3 Å². The molecule has 0 bridgehead atoms. The van der Waals surface area contributed by atoms with E-state index in [-0.39, 0.29) is 30.2 Å². The number of aliphatic hydroxyl groups excluding tert-OH is 1. The number of H-pyrrole nitrogens is 1. The highest BCUT2D eigenvalue weighted by molar-refractivity contribution is 5.74. The normalized spacial score (nSPS) is 12.9. The Balaban J connectivity index is 1.67. The minimum absolute atomic E-state index is 0.128. The number of aromatic amines is 1. The standard InChI is InChI=1S/C19H25N5O3/c1-12-6-5-7-14(8-12)27-11-13(25)9-20-18-22-16-15(17(26)23-18)10-21-24(16)19(2,3)4/h5-8,10,13,25H,9,11H2,1-4H3,(H2,20,22,23,26). The number of hydrogen-bond acceptors (Lipinski definition) is 6. The van der Waals surface area contributed by atoms with Crippen LogP contribution in [0.25, 0.3) is 11.0 Å². The summed E-state index contributed by atoms with van der Waals surface area (Å²) in [5, 5.41) is 17.8. The van der Waals surface area contributed by atoms with Crippen LogP contribution in [-0.2, 0) is 5.54 Å². The van der Waals surface area contributed by atoms with E-state index in [1.165, 1.54) is 6.20 Å². The number of rotatable bonds is 6. The predicted octanol–water partition coefficient (Wildman–Crippen LogP) is 2.03. The van der Waals surface area contributed by atoms with Gasteiger partial charge in [0.05, 0.1) is 11.7 Å². The van der Waals surface area contributed by atoms with Crippen LogP contribution in [0.1, 0.15) is 26.3 Å². The van der Waals surface area contributed by atoms with Gasteiger partial charge in [-0.2, -0.15) is 10.1 Å². The number of anilines is 1. The van der Waals surface area contributed by atoms with Gasteiger partial charge < -0.3 is 15.2 Å². The zero-order chi connectivity index (χ0) is 19.6. The van der Waals surface area contributed by atoms with E-state index in [0.717, 1.165) is 5.56 Å². The van der Waals surface area contributed by atoms with Crippen LogP contribution in [-0.4, -0.2) is 44.1 Å². The number of ether oxygens (including phenoxy) is 1. The topological polar surface area (TPSA) is 105 Å². The molecule has 0 fully saturated rings. The van der Waals surface area contributed by atoms with Crippen molar-refractivity contribution in [1.82, 2.24) is 19.7 Å². The van der Waals surface area contributed by atoms with Crippen molar-refractivity contribution in [2.24, 2.45) is 0 Å². The number of nitrogens with zero attached hydrogens (tertiary/aromatic N) is 3. The molecule has 1 unspecified atom stereocenters. The first kappa shape index (κ1) is 18.9. The van der Waals surface area contributed by atoms with Crippen molar-refractivity contribution in [3.8, 4) is 5.75 Å². The number of hydrogen-bond donors (Lipinski definition) is 3. The third kappa shape index (κ3) is 4.46. The SMILES string of the molecule is Cc1cccc(OCC(O)CNc2nc3c(cnn3C(C)(C)C)c(=O)[nH]2)c1. The Morgan fingerprint density at radius 2 is 2.15 bits per heavy atom. The first-order valence-electron chi connectivity index (χ1n) is 8.84. The van der Waals surface area contributed by atoms with Gasteiger partial charge in [0.15, 0.2) is 5.65 Å². The van der Waals surface area contributed by atoms with E-state index in [0.29, 0.717) is 16.8 Å². The van der Waals surface area contributed by atoms with Gasteiger partial charge in [0.25, 0.3) is 5.56 Å². The largest absolute Gasteiger partial charge is 0.491 e. The average molecular weight is 371 g/mol.